The number of hydrogen-bond acceptors (Lipinski definition) is 4. The van der Waals surface area contributed by atoms with Gasteiger partial charge in [-0.1, -0.05) is 29.8 Å². The van der Waals surface area contributed by atoms with Crippen LogP contribution in [0.2, 0.25) is 0 Å². The molecule has 6 nitrogen and oxygen atoms in total. The average molecular weight is 426 g/mol. The zero-order valence-corrected chi connectivity index (χ0v) is 16.9. The first kappa shape index (κ1) is 19.9. The molecule has 0 radical (unpaired) electrons. The number of fused-ring (bicyclic) bond motifs is 1. The van der Waals surface area contributed by atoms with E-state index in [4.69, 9.17) is 4.74 Å². The molecule has 30 heavy (non-hydrogen) atoms. The van der Waals surface area contributed by atoms with E-state index in [0.717, 1.165) is 5.56 Å². The van der Waals surface area contributed by atoms with Gasteiger partial charge in [0, 0.05) is 5.69 Å². The van der Waals surface area contributed by atoms with Crippen LogP contribution in [-0.2, 0) is 14.8 Å². The van der Waals surface area contributed by atoms with E-state index in [0.29, 0.717) is 17.1 Å². The van der Waals surface area contributed by atoms with Crippen molar-refractivity contribution in [3.8, 4) is 5.75 Å². The van der Waals surface area contributed by atoms with Crippen LogP contribution in [0.3, 0.4) is 0 Å². The highest BCUT2D eigenvalue weighted by Crippen LogP contribution is 2.37. The Balaban J connectivity index is 1.66. The normalized spacial score (nSPS) is 15.8. The molecule has 3 aromatic carbocycles. The molecule has 1 atom stereocenters. The van der Waals surface area contributed by atoms with Crippen LogP contribution in [0.25, 0.3) is 0 Å². The second-order valence-corrected chi connectivity index (χ2v) is 8.78. The molecule has 1 unspecified atom stereocenters. The minimum absolute atomic E-state index is 0.127. The SMILES string of the molecule is Cc1ccc(S(=O)(=O)N2CC(C(=O)Nc3ccc(F)cc3)Oc3ccccc32)cc1. The van der Waals surface area contributed by atoms with Crippen molar-refractivity contribution in [3.05, 3.63) is 84.2 Å². The van der Waals surface area contributed by atoms with Crippen LogP contribution in [0.1, 0.15) is 5.56 Å². The highest BCUT2D eigenvalue weighted by molar-refractivity contribution is 7.92. The predicted molar refractivity (Wildman–Crippen MR) is 112 cm³/mol. The first-order chi connectivity index (χ1) is 14.3. The van der Waals surface area contributed by atoms with Crippen molar-refractivity contribution >= 4 is 27.3 Å². The highest BCUT2D eigenvalue weighted by atomic mass is 32.2. The van der Waals surface area contributed by atoms with Crippen LogP contribution < -0.4 is 14.4 Å². The smallest absolute Gasteiger partial charge is 0.267 e. The summed E-state index contributed by atoms with van der Waals surface area (Å²) < 4.78 is 46.7. The van der Waals surface area contributed by atoms with Gasteiger partial charge in [0.25, 0.3) is 15.9 Å². The van der Waals surface area contributed by atoms with Crippen molar-refractivity contribution in [1.82, 2.24) is 0 Å². The summed E-state index contributed by atoms with van der Waals surface area (Å²) in [4.78, 5) is 12.9. The Morgan fingerprint density at radius 2 is 1.70 bits per heavy atom. The molecule has 3 aromatic rings. The quantitative estimate of drug-likeness (QED) is 0.690. The zero-order chi connectivity index (χ0) is 21.3. The van der Waals surface area contributed by atoms with Crippen molar-refractivity contribution in [1.29, 1.82) is 0 Å². The fourth-order valence-electron chi connectivity index (χ4n) is 3.16. The van der Waals surface area contributed by atoms with Gasteiger partial charge in [-0.3, -0.25) is 9.10 Å². The molecule has 1 heterocycles. The van der Waals surface area contributed by atoms with Crippen LogP contribution in [0.5, 0.6) is 5.75 Å². The van der Waals surface area contributed by atoms with E-state index in [1.54, 1.807) is 36.4 Å². The standard InChI is InChI=1S/C22H19FN2O4S/c1-15-6-12-18(13-7-15)30(27,28)25-14-21(29-20-5-3-2-4-19(20)25)22(26)24-17-10-8-16(23)9-11-17/h2-13,21H,14H2,1H3,(H,24,26). The number of carbonyl (C=O) groups is 1. The molecule has 0 spiro atoms. The number of benzene rings is 3. The van der Waals surface area contributed by atoms with E-state index in [9.17, 15) is 17.6 Å². The Morgan fingerprint density at radius 1 is 1.03 bits per heavy atom. The lowest BCUT2D eigenvalue weighted by molar-refractivity contribution is -0.122. The number of para-hydroxylation sites is 2. The van der Waals surface area contributed by atoms with E-state index >= 15 is 0 Å². The number of hydrogen-bond donors (Lipinski definition) is 1. The van der Waals surface area contributed by atoms with Gasteiger partial charge in [0.1, 0.15) is 11.6 Å². The molecule has 0 saturated carbocycles. The third-order valence-corrected chi connectivity index (χ3v) is 6.54. The van der Waals surface area contributed by atoms with E-state index in [1.807, 2.05) is 6.92 Å². The number of halogens is 1. The maximum Gasteiger partial charge on any atom is 0.267 e. The number of amides is 1. The molecule has 1 N–H and O–H groups in total. The number of aryl methyl sites for hydroxylation is 1. The number of ether oxygens (including phenoxy) is 1. The molecule has 0 saturated heterocycles. The molecule has 154 valence electrons. The summed E-state index contributed by atoms with van der Waals surface area (Å²) >= 11 is 0. The van der Waals surface area contributed by atoms with E-state index < -0.39 is 27.9 Å². The van der Waals surface area contributed by atoms with E-state index in [2.05, 4.69) is 5.32 Å². The minimum atomic E-state index is -3.91. The second kappa shape index (κ2) is 7.79. The number of sulfonamides is 1. The van der Waals surface area contributed by atoms with Gasteiger partial charge in [-0.15, -0.1) is 0 Å². The van der Waals surface area contributed by atoms with Gasteiger partial charge in [-0.25, -0.2) is 12.8 Å². The molecule has 4 rings (SSSR count). The Labute approximate surface area is 174 Å². The fourth-order valence-corrected chi connectivity index (χ4v) is 4.64. The van der Waals surface area contributed by atoms with Crippen LogP contribution in [0.4, 0.5) is 15.8 Å². The third-order valence-electron chi connectivity index (χ3n) is 4.75. The Kier molecular flexibility index (Phi) is 5.17. The summed E-state index contributed by atoms with van der Waals surface area (Å²) in [6.45, 7) is 1.68. The lowest BCUT2D eigenvalue weighted by Gasteiger charge is -2.34. The zero-order valence-electron chi connectivity index (χ0n) is 16.1. The van der Waals surface area contributed by atoms with Crippen LogP contribution in [-0.4, -0.2) is 27.0 Å². The number of carbonyl (C=O) groups excluding carboxylic acids is 1. The van der Waals surface area contributed by atoms with Gasteiger partial charge in [0.2, 0.25) is 0 Å². The first-order valence-electron chi connectivity index (χ1n) is 9.26. The molecule has 1 aliphatic heterocycles. The summed E-state index contributed by atoms with van der Waals surface area (Å²) in [5, 5.41) is 2.64. The van der Waals surface area contributed by atoms with Crippen molar-refractivity contribution in [2.45, 2.75) is 17.9 Å². The molecule has 0 aliphatic carbocycles. The van der Waals surface area contributed by atoms with Crippen molar-refractivity contribution in [2.24, 2.45) is 0 Å². The Morgan fingerprint density at radius 3 is 2.40 bits per heavy atom. The summed E-state index contributed by atoms with van der Waals surface area (Å²) in [6, 6.07) is 18.5. The minimum Gasteiger partial charge on any atom is -0.476 e. The summed E-state index contributed by atoms with van der Waals surface area (Å²) in [5.41, 5.74) is 1.69. The van der Waals surface area contributed by atoms with Crippen LogP contribution in [0, 0.1) is 12.7 Å². The summed E-state index contributed by atoms with van der Waals surface area (Å²) in [7, 11) is -3.91. The number of anilines is 2. The molecular weight excluding hydrogens is 407 g/mol. The van der Waals surface area contributed by atoms with Gasteiger partial charge < -0.3 is 10.1 Å². The number of nitrogens with one attached hydrogen (secondary N) is 1. The first-order valence-corrected chi connectivity index (χ1v) is 10.7. The number of rotatable bonds is 4. The predicted octanol–water partition coefficient (Wildman–Crippen LogP) is 3.73. The molecular formula is C22H19FN2O4S. The van der Waals surface area contributed by atoms with Crippen LogP contribution in [0.15, 0.2) is 77.7 Å². The van der Waals surface area contributed by atoms with Crippen molar-refractivity contribution in [2.75, 3.05) is 16.2 Å². The topological polar surface area (TPSA) is 75.7 Å². The second-order valence-electron chi connectivity index (χ2n) is 6.92. The molecule has 1 aliphatic rings. The lowest BCUT2D eigenvalue weighted by atomic mass is 10.2. The molecule has 1 amide bonds. The summed E-state index contributed by atoms with van der Waals surface area (Å²) in [5.74, 6) is -0.662. The summed E-state index contributed by atoms with van der Waals surface area (Å²) in [6.07, 6.45) is -1.08. The molecule has 0 fully saturated rings. The maximum absolute atomic E-state index is 13.3. The number of nitrogens with zero attached hydrogens (tertiary/aromatic N) is 1. The maximum atomic E-state index is 13.3. The Hall–Kier alpha value is -3.39. The monoisotopic (exact) mass is 426 g/mol. The lowest BCUT2D eigenvalue weighted by Crippen LogP contribution is -2.48. The van der Waals surface area contributed by atoms with Gasteiger partial charge >= 0.3 is 0 Å². The molecule has 8 heteroatoms. The molecule has 0 aromatic heterocycles. The van der Waals surface area contributed by atoms with Gasteiger partial charge in [-0.2, -0.15) is 0 Å². The van der Waals surface area contributed by atoms with E-state index in [1.165, 1.54) is 40.7 Å². The largest absolute Gasteiger partial charge is 0.476 e. The van der Waals surface area contributed by atoms with Crippen LogP contribution >= 0.6 is 0 Å². The fraction of sp³-hybridized carbons (Fsp3) is 0.136. The van der Waals surface area contributed by atoms with E-state index in [-0.39, 0.29) is 11.4 Å². The molecule has 0 bridgehead atoms. The van der Waals surface area contributed by atoms with Gasteiger partial charge in [-0.05, 0) is 55.5 Å². The van der Waals surface area contributed by atoms with Gasteiger partial charge in [0.05, 0.1) is 17.1 Å². The van der Waals surface area contributed by atoms with Crippen molar-refractivity contribution < 1.29 is 22.3 Å². The van der Waals surface area contributed by atoms with Crippen molar-refractivity contribution in [3.63, 3.8) is 0 Å². The third kappa shape index (κ3) is 3.86. The van der Waals surface area contributed by atoms with Gasteiger partial charge in [0.15, 0.2) is 6.10 Å². The average Bonchev–Trinajstić information content (AvgIpc) is 2.74. The Bertz CT molecular complexity index is 1180. The highest BCUT2D eigenvalue weighted by Gasteiger charge is 2.37.